The summed E-state index contributed by atoms with van der Waals surface area (Å²) in [5, 5.41) is 8.63. The minimum atomic E-state index is 0.132. The highest BCUT2D eigenvalue weighted by atomic mass is 32.1. The second kappa shape index (κ2) is 6.03. The first-order valence-electron chi connectivity index (χ1n) is 6.99. The first kappa shape index (κ1) is 13.1. The fourth-order valence-electron chi connectivity index (χ4n) is 2.86. The van der Waals surface area contributed by atoms with Crippen molar-refractivity contribution in [3.8, 4) is 0 Å². The number of hydrogen-bond donors (Lipinski definition) is 2. The quantitative estimate of drug-likeness (QED) is 0.884. The van der Waals surface area contributed by atoms with Crippen LogP contribution in [0.2, 0.25) is 0 Å². The van der Waals surface area contributed by atoms with Crippen molar-refractivity contribution in [3.05, 3.63) is 21.9 Å². The van der Waals surface area contributed by atoms with Crippen molar-refractivity contribution in [1.82, 2.24) is 10.6 Å². The maximum absolute atomic E-state index is 12.1. The molecular weight excluding hydrogens is 260 g/mol. The molecular formula is C14H20N2O2S. The largest absolute Gasteiger partial charge is 0.378 e. The first-order valence-corrected chi connectivity index (χ1v) is 7.87. The van der Waals surface area contributed by atoms with Gasteiger partial charge >= 0.3 is 0 Å². The highest BCUT2D eigenvalue weighted by molar-refractivity contribution is 7.10. The molecule has 5 heteroatoms. The Morgan fingerprint density at radius 2 is 2.53 bits per heavy atom. The van der Waals surface area contributed by atoms with Gasteiger partial charge in [-0.3, -0.25) is 4.79 Å². The van der Waals surface area contributed by atoms with Crippen molar-refractivity contribution in [2.24, 2.45) is 0 Å². The van der Waals surface area contributed by atoms with Gasteiger partial charge in [-0.15, -0.1) is 11.3 Å². The normalized spacial score (nSPS) is 26.7. The lowest BCUT2D eigenvalue weighted by Crippen LogP contribution is -2.44. The van der Waals surface area contributed by atoms with Crippen molar-refractivity contribution in [2.75, 3.05) is 19.8 Å². The number of rotatable bonds is 3. The number of hydrogen-bond acceptors (Lipinski definition) is 4. The van der Waals surface area contributed by atoms with E-state index < -0.39 is 0 Å². The number of aryl methyl sites for hydroxylation is 1. The predicted octanol–water partition coefficient (Wildman–Crippen LogP) is 1.62. The van der Waals surface area contributed by atoms with Crippen LogP contribution >= 0.6 is 11.3 Å². The standard InChI is InChI=1S/C14H20N2O2S/c17-14(8-10-9-18-6-5-15-10)16-12-2-1-3-13-11(12)4-7-19-13/h4,7,10,12,15H,1-3,5-6,8-9H2,(H,16,17). The lowest BCUT2D eigenvalue weighted by atomic mass is 9.94. The molecule has 2 aliphatic rings. The lowest BCUT2D eigenvalue weighted by molar-refractivity contribution is -0.123. The van der Waals surface area contributed by atoms with E-state index in [4.69, 9.17) is 4.74 Å². The molecule has 0 radical (unpaired) electrons. The molecule has 2 N–H and O–H groups in total. The van der Waals surface area contributed by atoms with E-state index in [-0.39, 0.29) is 18.0 Å². The molecule has 0 spiro atoms. The summed E-state index contributed by atoms with van der Waals surface area (Å²) in [6, 6.07) is 2.54. The fraction of sp³-hybridized carbons (Fsp3) is 0.643. The Morgan fingerprint density at radius 3 is 3.37 bits per heavy atom. The number of ether oxygens (including phenoxy) is 1. The average Bonchev–Trinajstić information content (AvgIpc) is 2.89. The third kappa shape index (κ3) is 3.16. The molecule has 3 rings (SSSR count). The van der Waals surface area contributed by atoms with E-state index in [1.807, 2.05) is 11.3 Å². The Morgan fingerprint density at radius 1 is 1.58 bits per heavy atom. The van der Waals surface area contributed by atoms with Gasteiger partial charge in [0.05, 0.1) is 19.3 Å². The summed E-state index contributed by atoms with van der Waals surface area (Å²) in [5.74, 6) is 0.132. The summed E-state index contributed by atoms with van der Waals surface area (Å²) in [6.45, 7) is 2.23. The topological polar surface area (TPSA) is 50.4 Å². The van der Waals surface area contributed by atoms with Crippen molar-refractivity contribution >= 4 is 17.2 Å². The maximum Gasteiger partial charge on any atom is 0.222 e. The fourth-order valence-corrected chi connectivity index (χ4v) is 3.85. The summed E-state index contributed by atoms with van der Waals surface area (Å²) in [7, 11) is 0. The summed E-state index contributed by atoms with van der Waals surface area (Å²) >= 11 is 1.81. The van der Waals surface area contributed by atoms with Crippen LogP contribution in [0.3, 0.4) is 0 Å². The van der Waals surface area contributed by atoms with E-state index in [0.717, 1.165) is 26.0 Å². The molecule has 1 saturated heterocycles. The molecule has 1 fully saturated rings. The molecule has 104 valence electrons. The van der Waals surface area contributed by atoms with Crippen LogP contribution in [-0.2, 0) is 16.0 Å². The van der Waals surface area contributed by atoms with Crippen LogP contribution in [0, 0.1) is 0 Å². The minimum absolute atomic E-state index is 0.132. The van der Waals surface area contributed by atoms with Gasteiger partial charge in [-0.25, -0.2) is 0 Å². The van der Waals surface area contributed by atoms with Crippen LogP contribution in [0.5, 0.6) is 0 Å². The summed E-state index contributed by atoms with van der Waals surface area (Å²) in [6.07, 6.45) is 3.90. The molecule has 0 saturated carbocycles. The predicted molar refractivity (Wildman–Crippen MR) is 75.4 cm³/mol. The van der Waals surface area contributed by atoms with Crippen LogP contribution in [0.1, 0.15) is 35.7 Å². The van der Waals surface area contributed by atoms with Gasteiger partial charge in [0.1, 0.15) is 0 Å². The van der Waals surface area contributed by atoms with Crippen molar-refractivity contribution in [1.29, 1.82) is 0 Å². The van der Waals surface area contributed by atoms with Gasteiger partial charge < -0.3 is 15.4 Å². The molecule has 2 heterocycles. The molecule has 1 aliphatic heterocycles. The van der Waals surface area contributed by atoms with E-state index in [2.05, 4.69) is 22.1 Å². The van der Waals surface area contributed by atoms with Crippen molar-refractivity contribution < 1.29 is 9.53 Å². The third-order valence-corrected chi connectivity index (χ3v) is 4.81. The molecule has 1 aliphatic carbocycles. The monoisotopic (exact) mass is 280 g/mol. The van der Waals surface area contributed by atoms with Gasteiger partial charge in [0.2, 0.25) is 5.91 Å². The molecule has 2 unspecified atom stereocenters. The Labute approximate surface area is 117 Å². The van der Waals surface area contributed by atoms with Gasteiger partial charge in [0, 0.05) is 23.9 Å². The number of nitrogens with one attached hydrogen (secondary N) is 2. The van der Waals surface area contributed by atoms with Crippen LogP contribution in [0.15, 0.2) is 11.4 Å². The zero-order valence-electron chi connectivity index (χ0n) is 11.0. The Hall–Kier alpha value is -0.910. The van der Waals surface area contributed by atoms with Crippen LogP contribution < -0.4 is 10.6 Å². The molecule has 0 aromatic carbocycles. The van der Waals surface area contributed by atoms with Gasteiger partial charge in [-0.05, 0) is 36.3 Å². The zero-order valence-corrected chi connectivity index (χ0v) is 11.8. The Bertz CT molecular complexity index is 440. The summed E-state index contributed by atoms with van der Waals surface area (Å²) in [5.41, 5.74) is 1.33. The van der Waals surface area contributed by atoms with Gasteiger partial charge in [-0.2, -0.15) is 0 Å². The number of carbonyl (C=O) groups is 1. The van der Waals surface area contributed by atoms with Gasteiger partial charge in [0.25, 0.3) is 0 Å². The first-order chi connectivity index (χ1) is 9.33. The second-order valence-electron chi connectivity index (χ2n) is 5.24. The summed E-state index contributed by atoms with van der Waals surface area (Å²) < 4.78 is 5.38. The van der Waals surface area contributed by atoms with E-state index >= 15 is 0 Å². The van der Waals surface area contributed by atoms with Crippen molar-refractivity contribution in [2.45, 2.75) is 37.8 Å². The molecule has 19 heavy (non-hydrogen) atoms. The molecule has 0 bridgehead atoms. The van der Waals surface area contributed by atoms with E-state index in [0.29, 0.717) is 13.0 Å². The third-order valence-electron chi connectivity index (χ3n) is 3.82. The lowest BCUT2D eigenvalue weighted by Gasteiger charge is -2.26. The van der Waals surface area contributed by atoms with Gasteiger partial charge in [-0.1, -0.05) is 0 Å². The number of thiophene rings is 1. The zero-order chi connectivity index (χ0) is 13.1. The van der Waals surface area contributed by atoms with Gasteiger partial charge in [0.15, 0.2) is 0 Å². The summed E-state index contributed by atoms with van der Waals surface area (Å²) in [4.78, 5) is 13.5. The number of morpholine rings is 1. The van der Waals surface area contributed by atoms with Crippen LogP contribution in [0.4, 0.5) is 0 Å². The molecule has 1 aromatic rings. The highest BCUT2D eigenvalue weighted by Gasteiger charge is 2.24. The maximum atomic E-state index is 12.1. The molecule has 1 amide bonds. The average molecular weight is 280 g/mol. The van der Waals surface area contributed by atoms with E-state index in [1.165, 1.54) is 16.9 Å². The van der Waals surface area contributed by atoms with Crippen LogP contribution in [0.25, 0.3) is 0 Å². The van der Waals surface area contributed by atoms with E-state index in [9.17, 15) is 4.79 Å². The molecule has 4 nitrogen and oxygen atoms in total. The smallest absolute Gasteiger partial charge is 0.222 e. The van der Waals surface area contributed by atoms with E-state index in [1.54, 1.807) is 0 Å². The SMILES string of the molecule is O=C(CC1COCCN1)NC1CCCc2sccc21. The Kier molecular flexibility index (Phi) is 4.15. The number of carbonyl (C=O) groups excluding carboxylic acids is 1. The minimum Gasteiger partial charge on any atom is -0.378 e. The number of amides is 1. The van der Waals surface area contributed by atoms with Crippen LogP contribution in [-0.4, -0.2) is 31.7 Å². The molecule has 2 atom stereocenters. The van der Waals surface area contributed by atoms with Crippen molar-refractivity contribution in [3.63, 3.8) is 0 Å². The second-order valence-corrected chi connectivity index (χ2v) is 6.24. The molecule has 1 aromatic heterocycles. The number of fused-ring (bicyclic) bond motifs is 1. The highest BCUT2D eigenvalue weighted by Crippen LogP contribution is 2.33. The Balaban J connectivity index is 1.55.